The van der Waals surface area contributed by atoms with Crippen molar-refractivity contribution >= 4 is 17.7 Å². The van der Waals surface area contributed by atoms with Gasteiger partial charge in [0, 0.05) is 54.9 Å². The van der Waals surface area contributed by atoms with Crippen molar-refractivity contribution in [3.05, 3.63) is 102 Å². The van der Waals surface area contributed by atoms with Gasteiger partial charge in [-0.1, -0.05) is 49.9 Å². The summed E-state index contributed by atoms with van der Waals surface area (Å²) in [5.74, 6) is 1.49. The van der Waals surface area contributed by atoms with Crippen LogP contribution in [-0.4, -0.2) is 48.1 Å². The summed E-state index contributed by atoms with van der Waals surface area (Å²) in [4.78, 5) is 15.9. The molecule has 0 unspecified atom stereocenters. The molecule has 0 aromatic heterocycles. The predicted molar refractivity (Wildman–Crippen MR) is 143 cm³/mol. The van der Waals surface area contributed by atoms with Gasteiger partial charge in [0.05, 0.1) is 0 Å². The van der Waals surface area contributed by atoms with E-state index in [0.717, 1.165) is 47.8 Å². The largest absolute Gasteiger partial charge is 0.457 e. The number of nitrogens with zero attached hydrogens (tertiary/aromatic N) is 2. The average Bonchev–Trinajstić information content (AvgIpc) is 2.90. The Morgan fingerprint density at radius 2 is 1.63 bits per heavy atom. The Bertz CT molecular complexity index is 1120. The molecule has 0 bridgehead atoms. The molecule has 1 heterocycles. The van der Waals surface area contributed by atoms with Gasteiger partial charge in [-0.2, -0.15) is 0 Å². The Kier molecular flexibility index (Phi) is 9.07. The van der Waals surface area contributed by atoms with Gasteiger partial charge in [0.1, 0.15) is 11.5 Å². The maximum atomic E-state index is 11.8. The molecule has 1 saturated heterocycles. The third-order valence-electron chi connectivity index (χ3n) is 5.94. The number of amides is 1. The summed E-state index contributed by atoms with van der Waals surface area (Å²) in [6.45, 7) is 10.4. The Morgan fingerprint density at radius 3 is 2.20 bits per heavy atom. The van der Waals surface area contributed by atoms with Crippen LogP contribution < -0.4 is 10.5 Å². The Hall–Kier alpha value is -4.06. The number of allylic oxidation sites excluding steroid dienone is 5. The van der Waals surface area contributed by atoms with E-state index in [-0.39, 0.29) is 5.91 Å². The zero-order valence-electron chi connectivity index (χ0n) is 20.5. The number of nitrogens with one attached hydrogen (secondary N) is 1. The van der Waals surface area contributed by atoms with E-state index in [9.17, 15) is 4.79 Å². The molecule has 1 aliphatic heterocycles. The lowest BCUT2D eigenvalue weighted by molar-refractivity contribution is -0.127. The fourth-order valence-corrected chi connectivity index (χ4v) is 3.99. The van der Waals surface area contributed by atoms with Crippen LogP contribution in [0.25, 0.3) is 5.57 Å². The van der Waals surface area contributed by atoms with Crippen LogP contribution >= 0.6 is 0 Å². The summed E-state index contributed by atoms with van der Waals surface area (Å²) >= 11 is 0. The highest BCUT2D eigenvalue weighted by Gasteiger charge is 2.19. The number of carbonyl (C=O) groups excluding carboxylic acids is 1. The minimum Gasteiger partial charge on any atom is -0.457 e. The van der Waals surface area contributed by atoms with Crippen molar-refractivity contribution in [1.82, 2.24) is 9.80 Å². The van der Waals surface area contributed by atoms with Crippen LogP contribution in [0.3, 0.4) is 0 Å². The first-order chi connectivity index (χ1) is 17.0. The van der Waals surface area contributed by atoms with Crippen molar-refractivity contribution in [2.75, 3.05) is 26.2 Å². The average molecular weight is 471 g/mol. The number of para-hydroxylation sites is 1. The maximum absolute atomic E-state index is 11.8. The van der Waals surface area contributed by atoms with E-state index < -0.39 is 0 Å². The van der Waals surface area contributed by atoms with Gasteiger partial charge < -0.3 is 25.7 Å². The van der Waals surface area contributed by atoms with Gasteiger partial charge in [0.25, 0.3) is 0 Å². The van der Waals surface area contributed by atoms with Gasteiger partial charge >= 0.3 is 0 Å². The fourth-order valence-electron chi connectivity index (χ4n) is 3.99. The SMILES string of the molecule is C=CC(=O)N1CCN(/C(C)=C/C(C=N)=C(N)\C(=C\CC)c2ccc(Oc3ccccc3)cc2)CC1. The van der Waals surface area contributed by atoms with Crippen molar-refractivity contribution in [3.63, 3.8) is 0 Å². The normalized spacial score (nSPS) is 15.4. The molecule has 3 N–H and O–H groups in total. The molecule has 1 fully saturated rings. The zero-order valence-corrected chi connectivity index (χ0v) is 20.5. The van der Waals surface area contributed by atoms with Crippen molar-refractivity contribution in [1.29, 1.82) is 5.41 Å². The molecule has 0 saturated carbocycles. The second-order valence-electron chi connectivity index (χ2n) is 8.28. The first kappa shape index (κ1) is 25.6. The standard InChI is InChI=1S/C29H34N4O2/c1-4-9-27(23-12-14-26(15-13-23)35-25-10-7-6-8-11-25)29(31)24(21-30)20-22(3)32-16-18-33(19-17-32)28(34)5-2/h5-15,20-21,30H,2,4,16-19,31H2,1,3H3/b22-20+,27-9+,29-24-,30-21?. The molecule has 1 amide bonds. The molecular weight excluding hydrogens is 436 g/mol. The lowest BCUT2D eigenvalue weighted by Gasteiger charge is -2.36. The van der Waals surface area contributed by atoms with Crippen molar-refractivity contribution in [2.45, 2.75) is 20.3 Å². The van der Waals surface area contributed by atoms with Crippen LogP contribution in [0.1, 0.15) is 25.8 Å². The van der Waals surface area contributed by atoms with E-state index in [0.29, 0.717) is 24.4 Å². The van der Waals surface area contributed by atoms with E-state index in [4.69, 9.17) is 15.9 Å². The minimum atomic E-state index is -0.0369. The number of benzene rings is 2. The fraction of sp³-hybridized carbons (Fsp3) is 0.241. The maximum Gasteiger partial charge on any atom is 0.246 e. The van der Waals surface area contributed by atoms with E-state index in [1.165, 1.54) is 12.3 Å². The number of hydrogen-bond donors (Lipinski definition) is 2. The Balaban J connectivity index is 1.79. The lowest BCUT2D eigenvalue weighted by Crippen LogP contribution is -2.47. The topological polar surface area (TPSA) is 82.7 Å². The Morgan fingerprint density at radius 1 is 1.03 bits per heavy atom. The molecule has 35 heavy (non-hydrogen) atoms. The van der Waals surface area contributed by atoms with Crippen LogP contribution in [0.4, 0.5) is 0 Å². The highest BCUT2D eigenvalue weighted by Crippen LogP contribution is 2.28. The second kappa shape index (κ2) is 12.4. The van der Waals surface area contributed by atoms with Crippen molar-refractivity contribution in [3.8, 4) is 11.5 Å². The Labute approximate surface area is 208 Å². The van der Waals surface area contributed by atoms with Gasteiger partial charge in [0.2, 0.25) is 5.91 Å². The van der Waals surface area contributed by atoms with E-state index >= 15 is 0 Å². The van der Waals surface area contributed by atoms with E-state index in [1.807, 2.05) is 67.6 Å². The van der Waals surface area contributed by atoms with Gasteiger partial charge in [0.15, 0.2) is 0 Å². The van der Waals surface area contributed by atoms with E-state index in [2.05, 4.69) is 24.5 Å². The zero-order chi connectivity index (χ0) is 25.2. The van der Waals surface area contributed by atoms with Gasteiger partial charge in [-0.15, -0.1) is 0 Å². The summed E-state index contributed by atoms with van der Waals surface area (Å²) < 4.78 is 5.91. The number of piperazine rings is 1. The molecule has 182 valence electrons. The molecule has 0 atom stereocenters. The summed E-state index contributed by atoms with van der Waals surface area (Å²) in [6.07, 6.45) is 7.49. The second-order valence-corrected chi connectivity index (χ2v) is 8.28. The molecular formula is C29H34N4O2. The smallest absolute Gasteiger partial charge is 0.246 e. The highest BCUT2D eigenvalue weighted by atomic mass is 16.5. The summed E-state index contributed by atoms with van der Waals surface area (Å²) in [5, 5.41) is 8.02. The van der Waals surface area contributed by atoms with Gasteiger partial charge in [-0.05, 0) is 55.3 Å². The van der Waals surface area contributed by atoms with Crippen LogP contribution in [0, 0.1) is 5.41 Å². The van der Waals surface area contributed by atoms with Gasteiger partial charge in [-0.25, -0.2) is 0 Å². The number of hydrogen-bond acceptors (Lipinski definition) is 5. The molecule has 0 spiro atoms. The summed E-state index contributed by atoms with van der Waals surface area (Å²) in [6, 6.07) is 17.5. The molecule has 6 heteroatoms. The monoisotopic (exact) mass is 470 g/mol. The highest BCUT2D eigenvalue weighted by molar-refractivity contribution is 5.90. The van der Waals surface area contributed by atoms with Gasteiger partial charge in [-0.3, -0.25) is 4.79 Å². The quantitative estimate of drug-likeness (QED) is 0.293. The third-order valence-corrected chi connectivity index (χ3v) is 5.94. The molecule has 6 nitrogen and oxygen atoms in total. The molecule has 3 rings (SSSR count). The number of rotatable bonds is 9. The van der Waals surface area contributed by atoms with Crippen LogP contribution in [0.2, 0.25) is 0 Å². The molecule has 1 aliphatic rings. The number of carbonyl (C=O) groups is 1. The van der Waals surface area contributed by atoms with E-state index in [1.54, 1.807) is 4.90 Å². The predicted octanol–water partition coefficient (Wildman–Crippen LogP) is 5.37. The molecule has 0 aliphatic carbocycles. The minimum absolute atomic E-state index is 0.0369. The number of ether oxygens (including phenoxy) is 1. The number of nitrogens with two attached hydrogens (primary N) is 1. The first-order valence-corrected chi connectivity index (χ1v) is 11.9. The molecule has 2 aromatic carbocycles. The molecule has 2 aromatic rings. The summed E-state index contributed by atoms with van der Waals surface area (Å²) in [7, 11) is 0. The molecule has 0 radical (unpaired) electrons. The van der Waals surface area contributed by atoms with Crippen molar-refractivity contribution in [2.24, 2.45) is 5.73 Å². The van der Waals surface area contributed by atoms with Crippen LogP contribution in [-0.2, 0) is 4.79 Å². The first-order valence-electron chi connectivity index (χ1n) is 11.9. The van der Waals surface area contributed by atoms with Crippen LogP contribution in [0.15, 0.2) is 96.4 Å². The van der Waals surface area contributed by atoms with Crippen LogP contribution in [0.5, 0.6) is 11.5 Å². The van der Waals surface area contributed by atoms with Crippen molar-refractivity contribution < 1.29 is 9.53 Å². The third kappa shape index (κ3) is 6.73. The summed E-state index contributed by atoms with van der Waals surface area (Å²) in [5.41, 5.74) is 10.7. The lowest BCUT2D eigenvalue weighted by atomic mass is 9.98.